The summed E-state index contributed by atoms with van der Waals surface area (Å²) in [4.78, 5) is 10.9. The van der Waals surface area contributed by atoms with Gasteiger partial charge in [0.2, 0.25) is 0 Å². The van der Waals surface area contributed by atoms with Gasteiger partial charge in [0.25, 0.3) is 0 Å². The average Bonchev–Trinajstić information content (AvgIpc) is 3.11. The third kappa shape index (κ3) is 2.31. The number of nitrogens with one attached hydrogen (secondary N) is 1. The summed E-state index contributed by atoms with van der Waals surface area (Å²) in [6, 6.07) is 4.10. The zero-order chi connectivity index (χ0) is 13.3. The Hall–Kier alpha value is -1.62. The van der Waals surface area contributed by atoms with Crippen LogP contribution in [0.2, 0.25) is 0 Å². The summed E-state index contributed by atoms with van der Waals surface area (Å²) in [5.41, 5.74) is 0.675. The van der Waals surface area contributed by atoms with Crippen molar-refractivity contribution in [2.75, 3.05) is 14.2 Å². The highest BCUT2D eigenvalue weighted by Gasteiger charge is 2.48. The summed E-state index contributed by atoms with van der Waals surface area (Å²) in [5.74, 6) is -0.931. The molecule has 4 nitrogen and oxygen atoms in total. The molecule has 18 heavy (non-hydrogen) atoms. The first-order valence-corrected chi connectivity index (χ1v) is 5.82. The summed E-state index contributed by atoms with van der Waals surface area (Å²) < 4.78 is 18.5. The van der Waals surface area contributed by atoms with Crippen molar-refractivity contribution in [3.63, 3.8) is 0 Å². The normalized spacial score (nSPS) is 23.5. The summed E-state index contributed by atoms with van der Waals surface area (Å²) >= 11 is 0. The molecule has 0 aliphatic heterocycles. The molecule has 98 valence electrons. The molecular formula is C13H16FNO3. The van der Waals surface area contributed by atoms with Crippen LogP contribution < -0.4 is 10.1 Å². The van der Waals surface area contributed by atoms with Crippen molar-refractivity contribution in [3.05, 3.63) is 29.6 Å². The van der Waals surface area contributed by atoms with Crippen molar-refractivity contribution in [2.45, 2.75) is 12.5 Å². The van der Waals surface area contributed by atoms with Gasteiger partial charge < -0.3 is 15.2 Å². The fourth-order valence-corrected chi connectivity index (χ4v) is 2.42. The standard InChI is InChI=1S/C13H16FNO3/c1-15-12(8-6-9(8)13(16)17)10-5-7(14)3-4-11(10)18-2/h3-5,8-9,12,15H,6H2,1-2H3,(H,16,17). The molecule has 0 radical (unpaired) electrons. The Kier molecular flexibility index (Phi) is 3.52. The number of halogens is 1. The first-order chi connectivity index (χ1) is 8.58. The molecule has 0 saturated heterocycles. The van der Waals surface area contributed by atoms with Gasteiger partial charge in [0.15, 0.2) is 0 Å². The summed E-state index contributed by atoms with van der Waals surface area (Å²) in [6.45, 7) is 0. The predicted octanol–water partition coefficient (Wildman–Crippen LogP) is 1.82. The SMILES string of the molecule is CNC(c1cc(F)ccc1OC)C1CC1C(=O)O. The second-order valence-corrected chi connectivity index (χ2v) is 4.50. The quantitative estimate of drug-likeness (QED) is 0.840. The van der Waals surface area contributed by atoms with Crippen LogP contribution in [0.1, 0.15) is 18.0 Å². The van der Waals surface area contributed by atoms with Crippen LogP contribution in [0.3, 0.4) is 0 Å². The number of carbonyl (C=O) groups is 1. The molecule has 0 amide bonds. The van der Waals surface area contributed by atoms with E-state index in [2.05, 4.69) is 5.32 Å². The van der Waals surface area contributed by atoms with E-state index in [0.29, 0.717) is 17.7 Å². The predicted molar refractivity (Wildman–Crippen MR) is 64.0 cm³/mol. The van der Waals surface area contributed by atoms with Crippen LogP contribution in [-0.4, -0.2) is 25.2 Å². The molecule has 0 bridgehead atoms. The maximum absolute atomic E-state index is 13.3. The molecule has 0 spiro atoms. The molecule has 0 aromatic heterocycles. The summed E-state index contributed by atoms with van der Waals surface area (Å²) in [6.07, 6.45) is 0.612. The van der Waals surface area contributed by atoms with E-state index < -0.39 is 5.97 Å². The third-order valence-corrected chi connectivity index (χ3v) is 3.42. The van der Waals surface area contributed by atoms with Crippen LogP contribution in [0, 0.1) is 17.7 Å². The van der Waals surface area contributed by atoms with Crippen molar-refractivity contribution in [2.24, 2.45) is 11.8 Å². The molecule has 3 atom stereocenters. The Bertz CT molecular complexity index is 464. The van der Waals surface area contributed by atoms with Crippen molar-refractivity contribution in [3.8, 4) is 5.75 Å². The van der Waals surface area contributed by atoms with Gasteiger partial charge in [-0.2, -0.15) is 0 Å². The van der Waals surface area contributed by atoms with Crippen molar-refractivity contribution >= 4 is 5.97 Å². The van der Waals surface area contributed by atoms with Crippen molar-refractivity contribution < 1.29 is 19.0 Å². The molecule has 3 unspecified atom stereocenters. The third-order valence-electron chi connectivity index (χ3n) is 3.42. The molecule has 1 aliphatic carbocycles. The van der Waals surface area contributed by atoms with Gasteiger partial charge in [0, 0.05) is 11.6 Å². The fraction of sp³-hybridized carbons (Fsp3) is 0.462. The number of hydrogen-bond donors (Lipinski definition) is 2. The lowest BCUT2D eigenvalue weighted by Crippen LogP contribution is -2.21. The average molecular weight is 253 g/mol. The fourth-order valence-electron chi connectivity index (χ4n) is 2.42. The Morgan fingerprint density at radius 2 is 2.33 bits per heavy atom. The van der Waals surface area contributed by atoms with Gasteiger partial charge >= 0.3 is 5.97 Å². The molecule has 5 heteroatoms. The number of ether oxygens (including phenoxy) is 1. The number of hydrogen-bond acceptors (Lipinski definition) is 3. The summed E-state index contributed by atoms with van der Waals surface area (Å²) in [7, 11) is 3.26. The minimum absolute atomic E-state index is 0.0109. The molecule has 1 aliphatic rings. The van der Waals surface area contributed by atoms with E-state index >= 15 is 0 Å². The van der Waals surface area contributed by atoms with Crippen molar-refractivity contribution in [1.82, 2.24) is 5.32 Å². The van der Waals surface area contributed by atoms with Crippen LogP contribution in [0.4, 0.5) is 4.39 Å². The zero-order valence-corrected chi connectivity index (χ0v) is 10.3. The maximum atomic E-state index is 13.3. The lowest BCUT2D eigenvalue weighted by atomic mass is 10.00. The maximum Gasteiger partial charge on any atom is 0.306 e. The van der Waals surface area contributed by atoms with Gasteiger partial charge in [-0.1, -0.05) is 0 Å². The number of carboxylic acids is 1. The van der Waals surface area contributed by atoms with Crippen molar-refractivity contribution in [1.29, 1.82) is 0 Å². The molecule has 0 heterocycles. The minimum atomic E-state index is -0.796. The number of carboxylic acid groups (broad SMARTS) is 1. The molecule has 1 saturated carbocycles. The number of rotatable bonds is 5. The van der Waals surface area contributed by atoms with Gasteiger partial charge in [-0.3, -0.25) is 4.79 Å². The highest BCUT2D eigenvalue weighted by Crippen LogP contribution is 2.49. The number of aliphatic carboxylic acids is 1. The van der Waals surface area contributed by atoms with E-state index in [1.54, 1.807) is 13.1 Å². The van der Waals surface area contributed by atoms with E-state index in [4.69, 9.17) is 9.84 Å². The molecule has 1 aromatic carbocycles. The zero-order valence-electron chi connectivity index (χ0n) is 10.3. The van der Waals surface area contributed by atoms with E-state index in [-0.39, 0.29) is 23.7 Å². The molecule has 2 rings (SSSR count). The highest BCUT2D eigenvalue weighted by molar-refractivity contribution is 5.73. The second kappa shape index (κ2) is 4.94. The molecule has 1 fully saturated rings. The monoisotopic (exact) mass is 253 g/mol. The van der Waals surface area contributed by atoms with Gasteiger partial charge in [0.05, 0.1) is 13.0 Å². The van der Waals surface area contributed by atoms with Crippen LogP contribution >= 0.6 is 0 Å². The molecular weight excluding hydrogens is 237 g/mol. The highest BCUT2D eigenvalue weighted by atomic mass is 19.1. The Labute approximate surface area is 105 Å². The first kappa shape index (κ1) is 12.8. The van der Waals surface area contributed by atoms with E-state index in [1.165, 1.54) is 19.2 Å². The van der Waals surface area contributed by atoms with Crippen LogP contribution in [0.15, 0.2) is 18.2 Å². The van der Waals surface area contributed by atoms with Crippen LogP contribution in [-0.2, 0) is 4.79 Å². The number of benzene rings is 1. The van der Waals surface area contributed by atoms with Crippen LogP contribution in [0.25, 0.3) is 0 Å². The van der Waals surface area contributed by atoms with E-state index in [9.17, 15) is 9.18 Å². The van der Waals surface area contributed by atoms with E-state index in [1.807, 2.05) is 0 Å². The lowest BCUT2D eigenvalue weighted by molar-refractivity contribution is -0.138. The topological polar surface area (TPSA) is 58.6 Å². The number of methoxy groups -OCH3 is 1. The summed E-state index contributed by atoms with van der Waals surface area (Å²) in [5, 5.41) is 12.0. The Balaban J connectivity index is 2.28. The van der Waals surface area contributed by atoms with Gasteiger partial charge in [0.1, 0.15) is 11.6 Å². The Morgan fingerprint density at radius 1 is 1.61 bits per heavy atom. The van der Waals surface area contributed by atoms with Gasteiger partial charge in [-0.15, -0.1) is 0 Å². The Morgan fingerprint density at radius 3 is 2.83 bits per heavy atom. The van der Waals surface area contributed by atoms with Gasteiger partial charge in [-0.05, 0) is 37.6 Å². The second-order valence-electron chi connectivity index (χ2n) is 4.50. The first-order valence-electron chi connectivity index (χ1n) is 5.82. The molecule has 2 N–H and O–H groups in total. The molecule has 1 aromatic rings. The minimum Gasteiger partial charge on any atom is -0.496 e. The van der Waals surface area contributed by atoms with Crippen LogP contribution in [0.5, 0.6) is 5.75 Å². The van der Waals surface area contributed by atoms with E-state index in [0.717, 1.165) is 0 Å². The smallest absolute Gasteiger partial charge is 0.306 e. The van der Waals surface area contributed by atoms with Gasteiger partial charge in [-0.25, -0.2) is 4.39 Å². The lowest BCUT2D eigenvalue weighted by Gasteiger charge is -2.19. The largest absolute Gasteiger partial charge is 0.496 e.